The average Bonchev–Trinajstić information content (AvgIpc) is 2.73. The van der Waals surface area contributed by atoms with Crippen LogP contribution >= 0.6 is 0 Å². The van der Waals surface area contributed by atoms with Crippen molar-refractivity contribution in [2.75, 3.05) is 11.1 Å². The molecule has 0 aliphatic heterocycles. The van der Waals surface area contributed by atoms with Gasteiger partial charge < -0.3 is 16.5 Å². The Hall–Kier alpha value is -4.21. The van der Waals surface area contributed by atoms with Gasteiger partial charge in [0.1, 0.15) is 29.6 Å². The molecule has 31 heavy (non-hydrogen) atoms. The van der Waals surface area contributed by atoms with E-state index in [1.807, 2.05) is 0 Å². The minimum absolute atomic E-state index is 0.00582. The summed E-state index contributed by atoms with van der Waals surface area (Å²) in [5.41, 5.74) is 7.01. The van der Waals surface area contributed by atoms with Crippen LogP contribution in [0.3, 0.4) is 0 Å². The van der Waals surface area contributed by atoms with Crippen LogP contribution in [0.15, 0.2) is 47.7 Å². The van der Waals surface area contributed by atoms with Crippen molar-refractivity contribution < 1.29 is 4.39 Å². The Morgan fingerprint density at radius 2 is 2.00 bits per heavy atom. The molecule has 10 heteroatoms. The second-order valence-electron chi connectivity index (χ2n) is 6.91. The first kappa shape index (κ1) is 20.1. The van der Waals surface area contributed by atoms with Crippen molar-refractivity contribution in [2.24, 2.45) is 0 Å². The van der Waals surface area contributed by atoms with Crippen LogP contribution in [-0.4, -0.2) is 30.2 Å². The lowest BCUT2D eigenvalue weighted by Crippen LogP contribution is -2.27. The molecule has 3 aromatic heterocycles. The van der Waals surface area contributed by atoms with Gasteiger partial charge in [0.15, 0.2) is 5.65 Å². The number of halogens is 1. The third-order valence-electron chi connectivity index (χ3n) is 4.81. The van der Waals surface area contributed by atoms with Crippen LogP contribution in [0.4, 0.5) is 16.0 Å². The predicted molar refractivity (Wildman–Crippen MR) is 116 cm³/mol. The fourth-order valence-electron chi connectivity index (χ4n) is 3.36. The number of para-hydroxylation sites is 1. The van der Waals surface area contributed by atoms with Gasteiger partial charge in [-0.2, -0.15) is 0 Å². The lowest BCUT2D eigenvalue weighted by Gasteiger charge is -2.16. The van der Waals surface area contributed by atoms with E-state index < -0.39 is 11.4 Å². The molecule has 0 unspecified atom stereocenters. The fourth-order valence-corrected chi connectivity index (χ4v) is 3.36. The summed E-state index contributed by atoms with van der Waals surface area (Å²) in [5, 5.41) is 11.3. The number of pyridine rings is 1. The molecular formula is C21H19FN8O. The van der Waals surface area contributed by atoms with Gasteiger partial charge in [0.25, 0.3) is 5.56 Å². The number of nitrogen functional groups attached to an aromatic ring is 1. The highest BCUT2D eigenvalue weighted by Crippen LogP contribution is 2.20. The van der Waals surface area contributed by atoms with Gasteiger partial charge in [0.2, 0.25) is 0 Å². The molecule has 0 atom stereocenters. The van der Waals surface area contributed by atoms with E-state index in [4.69, 9.17) is 11.1 Å². The number of fused-ring (bicyclic) bond motifs is 1. The SMILES string of the molecule is CC(=N)c1c(N)ncnc1NCc1nc2nccc(C)c2c(=O)n1-c1ccccc1F. The zero-order chi connectivity index (χ0) is 22.1. The molecule has 4 rings (SSSR count). The van der Waals surface area contributed by atoms with Gasteiger partial charge in [-0.05, 0) is 37.6 Å². The largest absolute Gasteiger partial charge is 0.383 e. The van der Waals surface area contributed by atoms with Crippen LogP contribution in [0, 0.1) is 18.2 Å². The van der Waals surface area contributed by atoms with Crippen molar-refractivity contribution in [3.63, 3.8) is 0 Å². The van der Waals surface area contributed by atoms with E-state index in [1.54, 1.807) is 38.2 Å². The molecule has 4 aromatic rings. The van der Waals surface area contributed by atoms with Crippen molar-refractivity contribution >= 4 is 28.4 Å². The van der Waals surface area contributed by atoms with Gasteiger partial charge in [0, 0.05) is 11.9 Å². The molecule has 1 aromatic carbocycles. The number of anilines is 2. The lowest BCUT2D eigenvalue weighted by molar-refractivity contribution is 0.611. The Morgan fingerprint density at radius 3 is 2.74 bits per heavy atom. The Balaban J connectivity index is 1.90. The van der Waals surface area contributed by atoms with E-state index >= 15 is 0 Å². The molecule has 3 heterocycles. The number of nitrogens with two attached hydrogens (primary N) is 1. The van der Waals surface area contributed by atoms with Crippen LogP contribution in [0.1, 0.15) is 23.9 Å². The van der Waals surface area contributed by atoms with Crippen LogP contribution in [0.25, 0.3) is 16.7 Å². The maximum atomic E-state index is 14.6. The molecule has 0 saturated carbocycles. The van der Waals surface area contributed by atoms with Crippen LogP contribution < -0.4 is 16.6 Å². The highest BCUT2D eigenvalue weighted by Gasteiger charge is 2.18. The number of benzene rings is 1. The summed E-state index contributed by atoms with van der Waals surface area (Å²) in [6, 6.07) is 7.68. The van der Waals surface area contributed by atoms with Gasteiger partial charge >= 0.3 is 0 Å². The van der Waals surface area contributed by atoms with E-state index in [0.29, 0.717) is 22.3 Å². The van der Waals surface area contributed by atoms with Crippen molar-refractivity contribution in [3.05, 3.63) is 76.0 Å². The number of aromatic nitrogens is 5. The molecule has 9 nitrogen and oxygen atoms in total. The summed E-state index contributed by atoms with van der Waals surface area (Å²) in [4.78, 5) is 30.2. The third kappa shape index (κ3) is 3.59. The Bertz CT molecular complexity index is 1380. The van der Waals surface area contributed by atoms with Crippen molar-refractivity contribution in [1.29, 1.82) is 5.41 Å². The minimum Gasteiger partial charge on any atom is -0.383 e. The normalized spacial score (nSPS) is 10.9. The first-order chi connectivity index (χ1) is 14.9. The summed E-state index contributed by atoms with van der Waals surface area (Å²) >= 11 is 0. The summed E-state index contributed by atoms with van der Waals surface area (Å²) in [6.07, 6.45) is 2.84. The van der Waals surface area contributed by atoms with E-state index in [-0.39, 0.29) is 35.2 Å². The van der Waals surface area contributed by atoms with Crippen LogP contribution in [-0.2, 0) is 6.54 Å². The molecule has 156 valence electrons. The number of aryl methyl sites for hydroxylation is 1. The van der Waals surface area contributed by atoms with Gasteiger partial charge in [-0.15, -0.1) is 0 Å². The molecule has 4 N–H and O–H groups in total. The number of hydrogen-bond acceptors (Lipinski definition) is 8. The van der Waals surface area contributed by atoms with Crippen molar-refractivity contribution in [3.8, 4) is 5.69 Å². The maximum absolute atomic E-state index is 14.6. The Morgan fingerprint density at radius 1 is 1.23 bits per heavy atom. The third-order valence-corrected chi connectivity index (χ3v) is 4.81. The number of rotatable bonds is 5. The molecule has 0 saturated heterocycles. The average molecular weight is 418 g/mol. The van der Waals surface area contributed by atoms with E-state index in [2.05, 4.69) is 25.3 Å². The number of hydrogen-bond donors (Lipinski definition) is 3. The van der Waals surface area contributed by atoms with Gasteiger partial charge in [-0.1, -0.05) is 12.1 Å². The molecular weight excluding hydrogens is 399 g/mol. The van der Waals surface area contributed by atoms with Gasteiger partial charge in [-0.25, -0.2) is 24.3 Å². The van der Waals surface area contributed by atoms with Crippen molar-refractivity contribution in [2.45, 2.75) is 20.4 Å². The summed E-state index contributed by atoms with van der Waals surface area (Å²) in [7, 11) is 0. The highest BCUT2D eigenvalue weighted by molar-refractivity contribution is 6.04. The second kappa shape index (κ2) is 7.90. The number of nitrogens with zero attached hydrogens (tertiary/aromatic N) is 5. The quantitative estimate of drug-likeness (QED) is 0.424. The smallest absolute Gasteiger partial charge is 0.268 e. The summed E-state index contributed by atoms with van der Waals surface area (Å²) < 4.78 is 15.9. The first-order valence-corrected chi connectivity index (χ1v) is 9.40. The number of nitrogens with one attached hydrogen (secondary N) is 2. The second-order valence-corrected chi connectivity index (χ2v) is 6.91. The predicted octanol–water partition coefficient (Wildman–Crippen LogP) is 2.60. The van der Waals surface area contributed by atoms with Crippen molar-refractivity contribution in [1.82, 2.24) is 24.5 Å². The topological polar surface area (TPSA) is 135 Å². The van der Waals surface area contributed by atoms with E-state index in [9.17, 15) is 9.18 Å². The Labute approximate surface area is 176 Å². The monoisotopic (exact) mass is 418 g/mol. The maximum Gasteiger partial charge on any atom is 0.268 e. The molecule has 0 aliphatic carbocycles. The summed E-state index contributed by atoms with van der Waals surface area (Å²) in [6.45, 7) is 3.35. The first-order valence-electron chi connectivity index (χ1n) is 9.40. The van der Waals surface area contributed by atoms with Gasteiger partial charge in [-0.3, -0.25) is 9.36 Å². The van der Waals surface area contributed by atoms with Crippen LogP contribution in [0.2, 0.25) is 0 Å². The summed E-state index contributed by atoms with van der Waals surface area (Å²) in [5.74, 6) is 0.134. The fraction of sp³-hybridized carbons (Fsp3) is 0.143. The van der Waals surface area contributed by atoms with E-state index in [0.717, 1.165) is 0 Å². The molecule has 0 radical (unpaired) electrons. The highest BCUT2D eigenvalue weighted by atomic mass is 19.1. The van der Waals surface area contributed by atoms with Crippen LogP contribution in [0.5, 0.6) is 0 Å². The lowest BCUT2D eigenvalue weighted by atomic mass is 10.2. The minimum atomic E-state index is -0.559. The van der Waals surface area contributed by atoms with Gasteiger partial charge in [0.05, 0.1) is 23.2 Å². The zero-order valence-corrected chi connectivity index (χ0v) is 16.8. The van der Waals surface area contributed by atoms with E-state index in [1.165, 1.54) is 23.0 Å². The molecule has 0 fully saturated rings. The molecule has 0 aliphatic rings. The molecule has 0 amide bonds. The Kier molecular flexibility index (Phi) is 5.12. The molecule has 0 bridgehead atoms. The standard InChI is InChI=1S/C21H19FN8O/c1-11-7-8-25-20-16(11)21(31)30(14-6-4-3-5-13(14)22)15(29-20)9-26-19-17(12(2)23)18(24)27-10-28-19/h3-8,10,23H,9H2,1-2H3,(H3,24,26,27,28). The zero-order valence-electron chi connectivity index (χ0n) is 16.8. The molecule has 0 spiro atoms.